The Morgan fingerprint density at radius 3 is 2.39 bits per heavy atom. The molecular formula is C17H22FN3O2. The Morgan fingerprint density at radius 2 is 1.74 bits per heavy atom. The van der Waals surface area contributed by atoms with E-state index >= 15 is 0 Å². The molecule has 0 spiro atoms. The summed E-state index contributed by atoms with van der Waals surface area (Å²) in [4.78, 5) is 16.2. The predicted octanol–water partition coefficient (Wildman–Crippen LogP) is 2.35. The zero-order valence-corrected chi connectivity index (χ0v) is 13.1. The zero-order valence-electron chi connectivity index (χ0n) is 13.1. The topological polar surface area (TPSA) is 44.8 Å². The Kier molecular flexibility index (Phi) is 5.12. The van der Waals surface area contributed by atoms with E-state index in [9.17, 15) is 9.18 Å². The van der Waals surface area contributed by atoms with Crippen LogP contribution in [-0.2, 0) is 4.74 Å². The number of rotatable bonds is 2. The molecule has 2 fully saturated rings. The number of urea groups is 1. The van der Waals surface area contributed by atoms with Crippen molar-refractivity contribution in [2.75, 3.05) is 44.3 Å². The number of carbonyl (C=O) groups is 1. The number of ether oxygens (including phenoxy) is 1. The van der Waals surface area contributed by atoms with Crippen LogP contribution in [0.2, 0.25) is 0 Å². The molecule has 0 radical (unpaired) electrons. The minimum atomic E-state index is -0.229. The summed E-state index contributed by atoms with van der Waals surface area (Å²) in [7, 11) is 0. The minimum Gasteiger partial charge on any atom is -0.381 e. The van der Waals surface area contributed by atoms with Crippen LogP contribution in [0.25, 0.3) is 0 Å². The molecule has 5 nitrogen and oxygen atoms in total. The molecule has 6 heteroatoms. The molecule has 1 aromatic rings. The normalized spacial score (nSPS) is 18.7. The Bertz CT molecular complexity index is 558. The number of carbonyl (C=O) groups excluding carboxylic acids is 1. The standard InChI is InChI=1S/C17H22FN3O2/c18-15-1-3-16(4-2-15)20-7-9-21(10-8-20)17(22)19-13-14-5-11-23-12-6-14/h1-4,13H,5-12H2,(H,19,22). The lowest BCUT2D eigenvalue weighted by Crippen LogP contribution is -2.51. The molecule has 0 aromatic heterocycles. The number of anilines is 1. The Hall–Kier alpha value is -2.08. The molecule has 1 N–H and O–H groups in total. The SMILES string of the molecule is O=C(NC=C1CCOCC1)N1CCN(c2ccc(F)cc2)CC1. The lowest BCUT2D eigenvalue weighted by molar-refractivity contribution is 0.118. The fourth-order valence-electron chi connectivity index (χ4n) is 2.85. The second-order valence-corrected chi connectivity index (χ2v) is 5.81. The van der Waals surface area contributed by atoms with Crippen molar-refractivity contribution in [2.24, 2.45) is 0 Å². The second kappa shape index (κ2) is 7.46. The van der Waals surface area contributed by atoms with E-state index in [1.54, 1.807) is 12.1 Å². The van der Waals surface area contributed by atoms with Gasteiger partial charge < -0.3 is 19.9 Å². The number of nitrogens with zero attached hydrogens (tertiary/aromatic N) is 2. The van der Waals surface area contributed by atoms with Gasteiger partial charge in [0.05, 0.1) is 13.2 Å². The van der Waals surface area contributed by atoms with E-state index < -0.39 is 0 Å². The maximum absolute atomic E-state index is 13.0. The van der Waals surface area contributed by atoms with Gasteiger partial charge in [0.2, 0.25) is 0 Å². The average Bonchev–Trinajstić information content (AvgIpc) is 2.61. The summed E-state index contributed by atoms with van der Waals surface area (Å²) >= 11 is 0. The van der Waals surface area contributed by atoms with Crippen LogP contribution in [0.1, 0.15) is 12.8 Å². The van der Waals surface area contributed by atoms with Gasteiger partial charge in [0, 0.05) is 38.1 Å². The molecule has 0 aliphatic carbocycles. The predicted molar refractivity (Wildman–Crippen MR) is 86.9 cm³/mol. The summed E-state index contributed by atoms with van der Waals surface area (Å²) in [5, 5.41) is 2.89. The van der Waals surface area contributed by atoms with Gasteiger partial charge in [0.1, 0.15) is 5.82 Å². The van der Waals surface area contributed by atoms with E-state index in [1.807, 2.05) is 11.1 Å². The molecular weight excluding hydrogens is 297 g/mol. The number of nitrogens with one attached hydrogen (secondary N) is 1. The van der Waals surface area contributed by atoms with E-state index in [0.29, 0.717) is 13.1 Å². The van der Waals surface area contributed by atoms with Gasteiger partial charge in [0.15, 0.2) is 0 Å². The second-order valence-electron chi connectivity index (χ2n) is 5.81. The van der Waals surface area contributed by atoms with Gasteiger partial charge in [-0.25, -0.2) is 9.18 Å². The van der Waals surface area contributed by atoms with Crippen molar-refractivity contribution in [1.82, 2.24) is 10.2 Å². The molecule has 2 aliphatic heterocycles. The lowest BCUT2D eigenvalue weighted by atomic mass is 10.1. The van der Waals surface area contributed by atoms with Crippen molar-refractivity contribution in [3.63, 3.8) is 0 Å². The van der Waals surface area contributed by atoms with Crippen LogP contribution < -0.4 is 10.2 Å². The smallest absolute Gasteiger partial charge is 0.321 e. The van der Waals surface area contributed by atoms with Crippen LogP contribution in [-0.4, -0.2) is 50.3 Å². The molecule has 0 bridgehead atoms. The first kappa shape index (κ1) is 15.8. The number of benzene rings is 1. The average molecular weight is 319 g/mol. The molecule has 2 saturated heterocycles. The van der Waals surface area contributed by atoms with Crippen LogP contribution in [0, 0.1) is 5.82 Å². The van der Waals surface area contributed by atoms with Crippen LogP contribution in [0.5, 0.6) is 0 Å². The fraction of sp³-hybridized carbons (Fsp3) is 0.471. The van der Waals surface area contributed by atoms with Crippen LogP contribution in [0.4, 0.5) is 14.9 Å². The van der Waals surface area contributed by atoms with E-state index in [4.69, 9.17) is 4.74 Å². The third-order valence-electron chi connectivity index (χ3n) is 4.29. The molecule has 23 heavy (non-hydrogen) atoms. The summed E-state index contributed by atoms with van der Waals surface area (Å²) in [6.07, 6.45) is 3.61. The highest BCUT2D eigenvalue weighted by Crippen LogP contribution is 2.17. The minimum absolute atomic E-state index is 0.0530. The van der Waals surface area contributed by atoms with Gasteiger partial charge in [-0.15, -0.1) is 0 Å². The number of amides is 2. The van der Waals surface area contributed by atoms with Gasteiger partial charge in [-0.3, -0.25) is 0 Å². The van der Waals surface area contributed by atoms with Crippen molar-refractivity contribution in [1.29, 1.82) is 0 Å². The summed E-state index contributed by atoms with van der Waals surface area (Å²) in [6.45, 7) is 4.30. The summed E-state index contributed by atoms with van der Waals surface area (Å²) in [5.41, 5.74) is 2.23. The lowest BCUT2D eigenvalue weighted by Gasteiger charge is -2.35. The molecule has 0 atom stereocenters. The van der Waals surface area contributed by atoms with Gasteiger partial charge in [-0.2, -0.15) is 0 Å². The molecule has 124 valence electrons. The van der Waals surface area contributed by atoms with Crippen molar-refractivity contribution >= 4 is 11.7 Å². The van der Waals surface area contributed by atoms with Gasteiger partial charge in [-0.1, -0.05) is 0 Å². The number of halogens is 1. The maximum atomic E-state index is 13.0. The molecule has 2 amide bonds. The molecule has 1 aromatic carbocycles. The molecule has 3 rings (SSSR count). The third kappa shape index (κ3) is 4.22. The first-order valence-corrected chi connectivity index (χ1v) is 8.04. The van der Waals surface area contributed by atoms with E-state index in [0.717, 1.165) is 44.8 Å². The van der Waals surface area contributed by atoms with Gasteiger partial charge in [0.25, 0.3) is 0 Å². The summed E-state index contributed by atoms with van der Waals surface area (Å²) < 4.78 is 18.3. The van der Waals surface area contributed by atoms with E-state index in [-0.39, 0.29) is 11.8 Å². The monoisotopic (exact) mass is 319 g/mol. The van der Waals surface area contributed by atoms with Crippen molar-refractivity contribution in [3.8, 4) is 0 Å². The largest absolute Gasteiger partial charge is 0.381 e. The number of hydrogen-bond acceptors (Lipinski definition) is 3. The summed E-state index contributed by atoms with van der Waals surface area (Å²) in [6, 6.07) is 6.44. The Morgan fingerprint density at radius 1 is 1.09 bits per heavy atom. The first-order chi connectivity index (χ1) is 11.2. The van der Waals surface area contributed by atoms with Crippen molar-refractivity contribution in [2.45, 2.75) is 12.8 Å². The maximum Gasteiger partial charge on any atom is 0.321 e. The Labute approximate surface area is 135 Å². The van der Waals surface area contributed by atoms with E-state index in [2.05, 4.69) is 10.2 Å². The third-order valence-corrected chi connectivity index (χ3v) is 4.29. The van der Waals surface area contributed by atoms with Crippen molar-refractivity contribution in [3.05, 3.63) is 41.9 Å². The molecule has 0 unspecified atom stereocenters. The van der Waals surface area contributed by atoms with Crippen molar-refractivity contribution < 1.29 is 13.9 Å². The molecule has 2 aliphatic rings. The van der Waals surface area contributed by atoms with Crippen LogP contribution in [0.3, 0.4) is 0 Å². The van der Waals surface area contributed by atoms with Gasteiger partial charge >= 0.3 is 6.03 Å². The van der Waals surface area contributed by atoms with Crippen LogP contribution >= 0.6 is 0 Å². The quantitative estimate of drug-likeness (QED) is 0.910. The molecule has 2 heterocycles. The molecule has 0 saturated carbocycles. The highest BCUT2D eigenvalue weighted by atomic mass is 19.1. The van der Waals surface area contributed by atoms with Gasteiger partial charge in [-0.05, 0) is 42.7 Å². The number of piperazine rings is 1. The highest BCUT2D eigenvalue weighted by Gasteiger charge is 2.21. The summed E-state index contributed by atoms with van der Waals surface area (Å²) in [5.74, 6) is -0.229. The Balaban J connectivity index is 1.48. The highest BCUT2D eigenvalue weighted by molar-refractivity contribution is 5.75. The zero-order chi connectivity index (χ0) is 16.1. The number of hydrogen-bond donors (Lipinski definition) is 1. The fourth-order valence-corrected chi connectivity index (χ4v) is 2.85. The van der Waals surface area contributed by atoms with Crippen LogP contribution in [0.15, 0.2) is 36.0 Å². The first-order valence-electron chi connectivity index (χ1n) is 8.04. The van der Waals surface area contributed by atoms with E-state index in [1.165, 1.54) is 17.7 Å².